The van der Waals surface area contributed by atoms with Crippen molar-refractivity contribution in [2.24, 2.45) is 5.73 Å². The Morgan fingerprint density at radius 1 is 1.25 bits per heavy atom. The van der Waals surface area contributed by atoms with Gasteiger partial charge in [0.15, 0.2) is 0 Å². The number of allylic oxidation sites excluding steroid dienone is 3. The Hall–Kier alpha value is -3.77. The number of amides is 3. The Labute approximate surface area is 237 Å². The Morgan fingerprint density at radius 2 is 1.90 bits per heavy atom. The van der Waals surface area contributed by atoms with Gasteiger partial charge < -0.3 is 26.0 Å². The molecule has 0 radical (unpaired) electrons. The second-order valence-corrected chi connectivity index (χ2v) is 9.38. The average molecular weight is 563 g/mol. The van der Waals surface area contributed by atoms with Crippen LogP contribution in [0.4, 0.5) is 0 Å². The van der Waals surface area contributed by atoms with E-state index >= 15 is 0 Å². The van der Waals surface area contributed by atoms with Crippen LogP contribution >= 0.6 is 0 Å². The molecule has 12 heteroatoms. The van der Waals surface area contributed by atoms with Gasteiger partial charge in [0.25, 0.3) is 5.91 Å². The van der Waals surface area contributed by atoms with Gasteiger partial charge in [-0.05, 0) is 32.9 Å². The van der Waals surface area contributed by atoms with Crippen LogP contribution in [0.1, 0.15) is 40.0 Å². The third-order valence-corrected chi connectivity index (χ3v) is 6.17. The number of hydrogen-bond acceptors (Lipinski definition) is 9. The van der Waals surface area contributed by atoms with Crippen LogP contribution < -0.4 is 16.4 Å². The molecular weight excluding hydrogens is 516 g/mol. The average Bonchev–Trinajstić information content (AvgIpc) is 2.89. The van der Waals surface area contributed by atoms with E-state index in [-0.39, 0.29) is 43.7 Å². The van der Waals surface area contributed by atoms with Crippen molar-refractivity contribution in [1.29, 1.82) is 0 Å². The number of aldehydes is 1. The van der Waals surface area contributed by atoms with Crippen LogP contribution in [0.25, 0.3) is 0 Å². The molecule has 1 atom stereocenters. The summed E-state index contributed by atoms with van der Waals surface area (Å²) in [6, 6.07) is -0.733. The molecule has 2 saturated heterocycles. The molecule has 2 aliphatic heterocycles. The van der Waals surface area contributed by atoms with E-state index in [0.717, 1.165) is 38.4 Å². The molecule has 1 unspecified atom stereocenters. The maximum absolute atomic E-state index is 12.4. The van der Waals surface area contributed by atoms with E-state index in [9.17, 15) is 24.0 Å². The van der Waals surface area contributed by atoms with Gasteiger partial charge in [-0.3, -0.25) is 34.2 Å². The van der Waals surface area contributed by atoms with Crippen LogP contribution in [0, 0.1) is 0 Å². The lowest BCUT2D eigenvalue weighted by Gasteiger charge is -2.32. The van der Waals surface area contributed by atoms with Crippen LogP contribution in [-0.2, 0) is 24.0 Å². The molecule has 0 saturated carbocycles. The van der Waals surface area contributed by atoms with Crippen LogP contribution in [0.5, 0.6) is 0 Å². The summed E-state index contributed by atoms with van der Waals surface area (Å²) < 4.78 is 0. The molecule has 0 aromatic carbocycles. The quantitative estimate of drug-likeness (QED) is 0.0871. The molecule has 40 heavy (non-hydrogen) atoms. The van der Waals surface area contributed by atoms with Crippen molar-refractivity contribution in [3.63, 3.8) is 0 Å². The van der Waals surface area contributed by atoms with Crippen molar-refractivity contribution < 1.29 is 29.1 Å². The largest absolute Gasteiger partial charge is 0.481 e. The first-order valence-corrected chi connectivity index (χ1v) is 12.9. The first-order valence-electron chi connectivity index (χ1n) is 12.9. The van der Waals surface area contributed by atoms with Crippen LogP contribution in [0.15, 0.2) is 47.9 Å². The molecule has 2 fully saturated rings. The first-order chi connectivity index (χ1) is 18.5. The third-order valence-electron chi connectivity index (χ3n) is 6.17. The number of likely N-dealkylation sites (N-methyl/N-ethyl adjacent to an activating group) is 2. The van der Waals surface area contributed by atoms with Crippen molar-refractivity contribution in [2.45, 2.75) is 46.1 Å². The molecule has 0 aromatic heterocycles. The Balaban J connectivity index is 0.000000750. The summed E-state index contributed by atoms with van der Waals surface area (Å²) in [6.45, 7) is 11.0. The molecule has 0 aromatic rings. The fourth-order valence-corrected chi connectivity index (χ4v) is 3.81. The lowest BCUT2D eigenvalue weighted by molar-refractivity contribution is -0.142. The van der Waals surface area contributed by atoms with Gasteiger partial charge >= 0.3 is 5.97 Å². The summed E-state index contributed by atoms with van der Waals surface area (Å²) in [5.74, 6) is -2.10. The number of imide groups is 1. The van der Waals surface area contributed by atoms with Crippen molar-refractivity contribution in [3.8, 4) is 0 Å². The number of aliphatic carboxylic acids is 1. The number of piperidine rings is 1. The van der Waals surface area contributed by atoms with Gasteiger partial charge in [0.1, 0.15) is 12.3 Å². The smallest absolute Gasteiger partial charge is 0.303 e. The SMILES string of the molecule is C.C=C(C=O)/C(=C\C=C/C)C(=O)N(C)C1CCC(=O)NC1=O.CN1CCN(C/C(N)=C/NCCCC(=O)O)CC1. The fourth-order valence-electron chi connectivity index (χ4n) is 3.81. The lowest BCUT2D eigenvalue weighted by atomic mass is 10.0. The standard InChI is InChI=1S/C15H18N2O4.C12H24N4O2.CH4/c1-4-5-6-11(10(2)9-18)15(21)17(3)12-7-8-13(19)16-14(12)20;1-15-5-7-16(8-6-15)10-11(13)9-14-4-2-3-12(17)18;/h4-6,9,12H,2,7-8H2,1,3H3,(H,16,19,20);9,14H,2-8,10,13H2,1H3,(H,17,18);1H4/b5-4-,11-6+;11-9-;. The minimum Gasteiger partial charge on any atom is -0.481 e. The minimum atomic E-state index is -0.758. The summed E-state index contributed by atoms with van der Waals surface area (Å²) >= 11 is 0. The van der Waals surface area contributed by atoms with Gasteiger partial charge in [-0.15, -0.1) is 0 Å². The van der Waals surface area contributed by atoms with Gasteiger partial charge in [-0.2, -0.15) is 0 Å². The molecule has 2 rings (SSSR count). The Bertz CT molecular complexity index is 982. The maximum atomic E-state index is 12.4. The van der Waals surface area contributed by atoms with Crippen molar-refractivity contribution >= 4 is 30.0 Å². The van der Waals surface area contributed by atoms with Crippen molar-refractivity contribution in [2.75, 3.05) is 53.4 Å². The highest BCUT2D eigenvalue weighted by Gasteiger charge is 2.33. The summed E-state index contributed by atoms with van der Waals surface area (Å²) in [7, 11) is 3.59. The highest BCUT2D eigenvalue weighted by molar-refractivity contribution is 6.07. The predicted molar refractivity (Wildman–Crippen MR) is 155 cm³/mol. The number of piperazine rings is 1. The number of carboxylic acid groups (broad SMARTS) is 1. The summed E-state index contributed by atoms with van der Waals surface area (Å²) in [4.78, 5) is 62.3. The highest BCUT2D eigenvalue weighted by Crippen LogP contribution is 2.16. The molecule has 2 aliphatic rings. The monoisotopic (exact) mass is 562 g/mol. The second kappa shape index (κ2) is 19.3. The topological polar surface area (TPSA) is 165 Å². The number of hydrogen-bond donors (Lipinski definition) is 4. The maximum Gasteiger partial charge on any atom is 0.303 e. The third kappa shape index (κ3) is 13.3. The molecule has 2 heterocycles. The molecule has 0 spiro atoms. The summed E-state index contributed by atoms with van der Waals surface area (Å²) in [5, 5.41) is 13.7. The first kappa shape index (κ1) is 36.2. The number of nitrogens with two attached hydrogens (primary N) is 1. The number of carbonyl (C=O) groups excluding carboxylic acids is 4. The second-order valence-electron chi connectivity index (χ2n) is 9.38. The zero-order chi connectivity index (χ0) is 29.4. The number of carbonyl (C=O) groups is 5. The minimum absolute atomic E-state index is 0. The zero-order valence-electron chi connectivity index (χ0n) is 23.1. The van der Waals surface area contributed by atoms with Crippen LogP contribution in [0.3, 0.4) is 0 Å². The van der Waals surface area contributed by atoms with Crippen molar-refractivity contribution in [1.82, 2.24) is 25.3 Å². The van der Waals surface area contributed by atoms with E-state index in [1.165, 1.54) is 18.0 Å². The summed E-state index contributed by atoms with van der Waals surface area (Å²) in [5.41, 5.74) is 6.87. The van der Waals surface area contributed by atoms with E-state index in [1.54, 1.807) is 25.3 Å². The molecular formula is C28H46N6O6. The van der Waals surface area contributed by atoms with Gasteiger partial charge in [0.2, 0.25) is 11.8 Å². The zero-order valence-corrected chi connectivity index (χ0v) is 23.1. The van der Waals surface area contributed by atoms with Gasteiger partial charge in [-0.25, -0.2) is 0 Å². The molecule has 3 amide bonds. The summed E-state index contributed by atoms with van der Waals surface area (Å²) in [6.07, 6.45) is 8.32. The van der Waals surface area contributed by atoms with Crippen molar-refractivity contribution in [3.05, 3.63) is 47.9 Å². The number of nitrogens with one attached hydrogen (secondary N) is 2. The molecule has 224 valence electrons. The van der Waals surface area contributed by atoms with E-state index in [2.05, 4.69) is 34.1 Å². The van der Waals surface area contributed by atoms with Crippen LogP contribution in [0.2, 0.25) is 0 Å². The van der Waals surface area contributed by atoms with E-state index < -0.39 is 23.8 Å². The normalized spacial score (nSPS) is 18.6. The number of carboxylic acids is 1. The van der Waals surface area contributed by atoms with Gasteiger partial charge in [0.05, 0.1) is 0 Å². The van der Waals surface area contributed by atoms with E-state index in [4.69, 9.17) is 10.8 Å². The fraction of sp³-hybridized carbons (Fsp3) is 0.536. The van der Waals surface area contributed by atoms with Gasteiger partial charge in [-0.1, -0.05) is 26.2 Å². The Kier molecular flexibility index (Phi) is 17.5. The highest BCUT2D eigenvalue weighted by atomic mass is 16.4. The van der Waals surface area contributed by atoms with E-state index in [0.29, 0.717) is 19.3 Å². The van der Waals surface area contributed by atoms with E-state index in [1.807, 2.05) is 0 Å². The molecule has 0 bridgehead atoms. The lowest BCUT2D eigenvalue weighted by Crippen LogP contribution is -2.53. The number of nitrogens with zero attached hydrogens (tertiary/aromatic N) is 3. The van der Waals surface area contributed by atoms with Gasteiger partial charge in [0, 0.05) is 82.2 Å². The molecule has 5 N–H and O–H groups in total. The Morgan fingerprint density at radius 3 is 2.45 bits per heavy atom. The molecule has 0 aliphatic carbocycles. The van der Waals surface area contributed by atoms with Crippen LogP contribution in [-0.4, -0.2) is 109 Å². The number of rotatable bonds is 12. The molecule has 12 nitrogen and oxygen atoms in total. The predicted octanol–water partition coefficient (Wildman–Crippen LogP) is 0.632.